The van der Waals surface area contributed by atoms with Gasteiger partial charge < -0.3 is 4.90 Å². The minimum Gasteiger partial charge on any atom is -0.340 e. The van der Waals surface area contributed by atoms with Crippen LogP contribution >= 0.6 is 11.8 Å². The number of benzene rings is 1. The zero-order chi connectivity index (χ0) is 18.6. The van der Waals surface area contributed by atoms with E-state index in [4.69, 9.17) is 0 Å². The topological polar surface area (TPSA) is 33.2 Å². The standard InChI is InChI=1S/C17H16F4N2OS/c1-11(25-15-7-6-13(9-22-15)17(19,20)21)16(24)23(2)10-12-4-3-5-14(18)8-12/h3-9,11H,10H2,1-2H3. The fourth-order valence-electron chi connectivity index (χ4n) is 2.15. The summed E-state index contributed by atoms with van der Waals surface area (Å²) in [6.07, 6.45) is -3.70. The number of hydrogen-bond donors (Lipinski definition) is 0. The van der Waals surface area contributed by atoms with E-state index >= 15 is 0 Å². The van der Waals surface area contributed by atoms with Gasteiger partial charge in [-0.05, 0) is 36.8 Å². The highest BCUT2D eigenvalue weighted by molar-refractivity contribution is 8.00. The van der Waals surface area contributed by atoms with Gasteiger partial charge in [-0.2, -0.15) is 13.2 Å². The predicted octanol–water partition coefficient (Wildman–Crippen LogP) is 4.38. The summed E-state index contributed by atoms with van der Waals surface area (Å²) in [7, 11) is 1.59. The fraction of sp³-hybridized carbons (Fsp3) is 0.294. The Balaban J connectivity index is 1.97. The molecule has 0 saturated carbocycles. The highest BCUT2D eigenvalue weighted by Crippen LogP contribution is 2.30. The molecule has 2 aromatic rings. The lowest BCUT2D eigenvalue weighted by Crippen LogP contribution is -2.32. The summed E-state index contributed by atoms with van der Waals surface area (Å²) in [6, 6.07) is 8.11. The van der Waals surface area contributed by atoms with Gasteiger partial charge in [-0.3, -0.25) is 4.79 Å². The molecule has 1 atom stereocenters. The Bertz CT molecular complexity index is 734. The van der Waals surface area contributed by atoms with Gasteiger partial charge in [-0.25, -0.2) is 9.37 Å². The molecule has 0 bridgehead atoms. The van der Waals surface area contributed by atoms with Crippen molar-refractivity contribution < 1.29 is 22.4 Å². The van der Waals surface area contributed by atoms with Crippen molar-refractivity contribution in [2.24, 2.45) is 0 Å². The SMILES string of the molecule is CC(Sc1ccc(C(F)(F)F)cn1)C(=O)N(C)Cc1cccc(F)c1. The van der Waals surface area contributed by atoms with Gasteiger partial charge in [0.1, 0.15) is 5.82 Å². The van der Waals surface area contributed by atoms with Crippen molar-refractivity contribution >= 4 is 17.7 Å². The number of amides is 1. The maximum Gasteiger partial charge on any atom is 0.417 e. The zero-order valence-corrected chi connectivity index (χ0v) is 14.4. The molecule has 1 amide bonds. The van der Waals surface area contributed by atoms with Gasteiger partial charge in [-0.1, -0.05) is 23.9 Å². The first-order chi connectivity index (χ1) is 11.7. The first-order valence-corrected chi connectivity index (χ1v) is 8.24. The van der Waals surface area contributed by atoms with Crippen LogP contribution in [0.2, 0.25) is 0 Å². The number of rotatable bonds is 5. The molecular formula is C17H16F4N2OS. The normalized spacial score (nSPS) is 12.7. The van der Waals surface area contributed by atoms with Crippen LogP contribution in [0.15, 0.2) is 47.6 Å². The number of carbonyl (C=O) groups excluding carboxylic acids is 1. The van der Waals surface area contributed by atoms with Gasteiger partial charge in [-0.15, -0.1) is 0 Å². The maximum absolute atomic E-state index is 13.2. The van der Waals surface area contributed by atoms with Gasteiger partial charge in [0.15, 0.2) is 0 Å². The molecule has 0 N–H and O–H groups in total. The lowest BCUT2D eigenvalue weighted by atomic mass is 10.2. The molecule has 1 unspecified atom stereocenters. The summed E-state index contributed by atoms with van der Waals surface area (Å²) in [5.41, 5.74) is -0.181. The molecule has 2 rings (SSSR count). The first-order valence-electron chi connectivity index (χ1n) is 7.36. The second-order valence-electron chi connectivity index (χ2n) is 5.47. The van der Waals surface area contributed by atoms with E-state index in [9.17, 15) is 22.4 Å². The van der Waals surface area contributed by atoms with Gasteiger partial charge in [0, 0.05) is 19.8 Å². The minimum atomic E-state index is -4.44. The molecule has 0 aliphatic rings. The third-order valence-corrected chi connectivity index (χ3v) is 4.43. The maximum atomic E-state index is 13.2. The van der Waals surface area contributed by atoms with Crippen molar-refractivity contribution in [3.8, 4) is 0 Å². The Hall–Kier alpha value is -2.09. The molecule has 0 aliphatic carbocycles. The number of alkyl halides is 3. The molecular weight excluding hydrogens is 356 g/mol. The molecule has 134 valence electrons. The smallest absolute Gasteiger partial charge is 0.340 e. The van der Waals surface area contributed by atoms with Crippen molar-refractivity contribution in [1.29, 1.82) is 0 Å². The van der Waals surface area contributed by atoms with Crippen LogP contribution in [0.4, 0.5) is 17.6 Å². The van der Waals surface area contributed by atoms with Crippen molar-refractivity contribution in [1.82, 2.24) is 9.88 Å². The lowest BCUT2D eigenvalue weighted by Gasteiger charge is -2.21. The Kier molecular flexibility index (Phi) is 6.05. The summed E-state index contributed by atoms with van der Waals surface area (Å²) in [6.45, 7) is 1.89. The molecule has 0 spiro atoms. The molecule has 0 fully saturated rings. The summed E-state index contributed by atoms with van der Waals surface area (Å²) in [4.78, 5) is 17.6. The molecule has 1 heterocycles. The third kappa shape index (κ3) is 5.45. The van der Waals surface area contributed by atoms with Crippen molar-refractivity contribution in [3.05, 3.63) is 59.5 Å². The Morgan fingerprint density at radius 2 is 2.00 bits per heavy atom. The minimum absolute atomic E-state index is 0.226. The summed E-state index contributed by atoms with van der Waals surface area (Å²) >= 11 is 1.07. The number of thioether (sulfide) groups is 1. The highest BCUT2D eigenvalue weighted by Gasteiger charge is 2.30. The molecule has 25 heavy (non-hydrogen) atoms. The van der Waals surface area contributed by atoms with Crippen LogP contribution in [0.5, 0.6) is 0 Å². The van der Waals surface area contributed by atoms with E-state index in [2.05, 4.69) is 4.98 Å². The van der Waals surface area contributed by atoms with Crippen LogP contribution in [0, 0.1) is 5.82 Å². The first kappa shape index (κ1) is 19.2. The van der Waals surface area contributed by atoms with E-state index < -0.39 is 17.0 Å². The van der Waals surface area contributed by atoms with E-state index in [0.29, 0.717) is 10.6 Å². The van der Waals surface area contributed by atoms with Crippen LogP contribution in [-0.2, 0) is 17.5 Å². The van der Waals surface area contributed by atoms with Crippen LogP contribution in [-0.4, -0.2) is 28.1 Å². The second-order valence-corrected chi connectivity index (χ2v) is 6.83. The number of aromatic nitrogens is 1. The molecule has 1 aromatic carbocycles. The number of halogens is 4. The average Bonchev–Trinajstić information content (AvgIpc) is 2.53. The average molecular weight is 372 g/mol. The van der Waals surface area contributed by atoms with Crippen LogP contribution < -0.4 is 0 Å². The predicted molar refractivity (Wildman–Crippen MR) is 87.4 cm³/mol. The van der Waals surface area contributed by atoms with E-state index in [1.165, 1.54) is 23.1 Å². The number of hydrogen-bond acceptors (Lipinski definition) is 3. The summed E-state index contributed by atoms with van der Waals surface area (Å²) in [5, 5.41) is -0.212. The summed E-state index contributed by atoms with van der Waals surface area (Å²) in [5.74, 6) is -0.606. The van der Waals surface area contributed by atoms with Gasteiger partial charge in [0.2, 0.25) is 5.91 Å². The largest absolute Gasteiger partial charge is 0.417 e. The molecule has 0 saturated heterocycles. The van der Waals surface area contributed by atoms with Gasteiger partial charge in [0.05, 0.1) is 15.8 Å². The fourth-order valence-corrected chi connectivity index (χ4v) is 3.05. The Labute approximate surface area is 147 Å². The molecule has 0 aliphatic heterocycles. The summed E-state index contributed by atoms with van der Waals surface area (Å²) < 4.78 is 50.7. The number of nitrogens with zero attached hydrogens (tertiary/aromatic N) is 2. The van der Waals surface area contributed by atoms with E-state index in [1.807, 2.05) is 0 Å². The quantitative estimate of drug-likeness (QED) is 0.577. The Morgan fingerprint density at radius 1 is 1.28 bits per heavy atom. The van der Waals surface area contributed by atoms with Gasteiger partial charge >= 0.3 is 6.18 Å². The monoisotopic (exact) mass is 372 g/mol. The lowest BCUT2D eigenvalue weighted by molar-refractivity contribution is -0.138. The van der Waals surface area contributed by atoms with Crippen molar-refractivity contribution in [2.75, 3.05) is 7.05 Å². The van der Waals surface area contributed by atoms with E-state index in [1.54, 1.807) is 26.1 Å². The molecule has 3 nitrogen and oxygen atoms in total. The second kappa shape index (κ2) is 7.86. The van der Waals surface area contributed by atoms with Crippen molar-refractivity contribution in [3.63, 3.8) is 0 Å². The zero-order valence-electron chi connectivity index (χ0n) is 13.5. The van der Waals surface area contributed by atoms with E-state index in [-0.39, 0.29) is 18.3 Å². The third-order valence-electron chi connectivity index (χ3n) is 3.39. The van der Waals surface area contributed by atoms with Crippen LogP contribution in [0.25, 0.3) is 0 Å². The van der Waals surface area contributed by atoms with E-state index in [0.717, 1.165) is 24.0 Å². The van der Waals surface area contributed by atoms with Gasteiger partial charge in [0.25, 0.3) is 0 Å². The van der Waals surface area contributed by atoms with Crippen molar-refractivity contribution in [2.45, 2.75) is 29.9 Å². The molecule has 8 heteroatoms. The highest BCUT2D eigenvalue weighted by atomic mass is 32.2. The number of pyridine rings is 1. The molecule has 1 aromatic heterocycles. The number of carbonyl (C=O) groups is 1. The van der Waals surface area contributed by atoms with Crippen LogP contribution in [0.3, 0.4) is 0 Å². The Morgan fingerprint density at radius 3 is 2.56 bits per heavy atom. The molecule has 0 radical (unpaired) electrons. The van der Waals surface area contributed by atoms with Crippen LogP contribution in [0.1, 0.15) is 18.1 Å².